The first-order valence-corrected chi connectivity index (χ1v) is 6.37. The van der Waals surface area contributed by atoms with Gasteiger partial charge in [0.25, 0.3) is 5.91 Å². The zero-order valence-electron chi connectivity index (χ0n) is 10.4. The molecule has 0 saturated carbocycles. The highest BCUT2D eigenvalue weighted by Gasteiger charge is 2.28. The van der Waals surface area contributed by atoms with Crippen molar-refractivity contribution in [1.29, 1.82) is 0 Å². The van der Waals surface area contributed by atoms with Crippen molar-refractivity contribution in [2.75, 3.05) is 13.1 Å². The minimum Gasteiger partial charge on any atom is -0.333 e. The summed E-state index contributed by atoms with van der Waals surface area (Å²) >= 11 is 5.85. The molecule has 1 aliphatic heterocycles. The maximum atomic E-state index is 13.4. The minimum absolute atomic E-state index is 0.0769. The van der Waals surface area contributed by atoms with Crippen LogP contribution in [0.15, 0.2) is 18.2 Å². The van der Waals surface area contributed by atoms with Gasteiger partial charge in [0.2, 0.25) is 0 Å². The van der Waals surface area contributed by atoms with Crippen LogP contribution >= 0.6 is 11.6 Å². The van der Waals surface area contributed by atoms with Crippen LogP contribution in [0.1, 0.15) is 24.2 Å². The molecule has 3 nitrogen and oxygen atoms in total. The molecule has 1 heterocycles. The number of carbonyl (C=O) groups is 1. The Morgan fingerprint density at radius 2 is 2.22 bits per heavy atom. The Morgan fingerprint density at radius 1 is 1.50 bits per heavy atom. The molecule has 1 aliphatic rings. The summed E-state index contributed by atoms with van der Waals surface area (Å²) in [5, 5.41) is 3.20. The SMILES string of the molecule is CC1CN(C(=O)c2cccc(F)c2Cl)C(C)CN1. The average molecular weight is 271 g/mol. The van der Waals surface area contributed by atoms with Crippen molar-refractivity contribution < 1.29 is 9.18 Å². The Kier molecular flexibility index (Phi) is 3.88. The molecule has 1 aromatic rings. The van der Waals surface area contributed by atoms with E-state index in [1.54, 1.807) is 11.0 Å². The molecule has 18 heavy (non-hydrogen) atoms. The molecule has 2 rings (SSSR count). The van der Waals surface area contributed by atoms with Crippen molar-refractivity contribution in [1.82, 2.24) is 10.2 Å². The third-order valence-corrected chi connectivity index (χ3v) is 3.59. The third-order valence-electron chi connectivity index (χ3n) is 3.21. The van der Waals surface area contributed by atoms with Crippen LogP contribution < -0.4 is 5.32 Å². The van der Waals surface area contributed by atoms with E-state index in [0.29, 0.717) is 6.54 Å². The fourth-order valence-corrected chi connectivity index (χ4v) is 2.34. The first-order valence-electron chi connectivity index (χ1n) is 5.99. The van der Waals surface area contributed by atoms with Crippen LogP contribution in [0.5, 0.6) is 0 Å². The first kappa shape index (κ1) is 13.3. The van der Waals surface area contributed by atoms with Crippen LogP contribution in [0.4, 0.5) is 4.39 Å². The maximum Gasteiger partial charge on any atom is 0.255 e. The van der Waals surface area contributed by atoms with E-state index >= 15 is 0 Å². The highest BCUT2D eigenvalue weighted by molar-refractivity contribution is 6.34. The van der Waals surface area contributed by atoms with Gasteiger partial charge < -0.3 is 10.2 Å². The molecule has 0 bridgehead atoms. The van der Waals surface area contributed by atoms with Gasteiger partial charge in [-0.05, 0) is 26.0 Å². The molecular weight excluding hydrogens is 255 g/mol. The Labute approximate surface area is 111 Å². The van der Waals surface area contributed by atoms with Gasteiger partial charge in [0.15, 0.2) is 0 Å². The van der Waals surface area contributed by atoms with E-state index in [4.69, 9.17) is 11.6 Å². The molecule has 0 aromatic heterocycles. The molecule has 2 unspecified atom stereocenters. The van der Waals surface area contributed by atoms with Crippen molar-refractivity contribution >= 4 is 17.5 Å². The fraction of sp³-hybridized carbons (Fsp3) is 0.462. The van der Waals surface area contributed by atoms with E-state index in [-0.39, 0.29) is 28.6 Å². The second-order valence-corrected chi connectivity index (χ2v) is 5.10. The Hall–Kier alpha value is -1.13. The van der Waals surface area contributed by atoms with Gasteiger partial charge in [0.1, 0.15) is 5.82 Å². The molecule has 1 fully saturated rings. The standard InChI is InChI=1S/C13H16ClFN2O/c1-8-7-17(9(2)6-16-8)13(18)10-4-3-5-11(15)12(10)14/h3-5,8-9,16H,6-7H2,1-2H3. The number of rotatable bonds is 1. The normalized spacial score (nSPS) is 24.1. The molecule has 0 aliphatic carbocycles. The molecule has 1 saturated heterocycles. The van der Waals surface area contributed by atoms with E-state index in [2.05, 4.69) is 5.32 Å². The number of nitrogens with zero attached hydrogens (tertiary/aromatic N) is 1. The van der Waals surface area contributed by atoms with E-state index in [0.717, 1.165) is 6.54 Å². The number of benzene rings is 1. The van der Waals surface area contributed by atoms with Crippen LogP contribution in [-0.2, 0) is 0 Å². The topological polar surface area (TPSA) is 32.3 Å². The van der Waals surface area contributed by atoms with E-state index in [1.807, 2.05) is 13.8 Å². The lowest BCUT2D eigenvalue weighted by atomic mass is 10.1. The van der Waals surface area contributed by atoms with Crippen molar-refractivity contribution in [3.8, 4) is 0 Å². The molecular formula is C13H16ClFN2O. The van der Waals surface area contributed by atoms with Gasteiger partial charge in [-0.25, -0.2) is 4.39 Å². The Morgan fingerprint density at radius 3 is 2.94 bits per heavy atom. The van der Waals surface area contributed by atoms with Crippen molar-refractivity contribution in [3.05, 3.63) is 34.6 Å². The molecule has 1 amide bonds. The van der Waals surface area contributed by atoms with Crippen LogP contribution in [-0.4, -0.2) is 36.0 Å². The number of hydrogen-bond acceptors (Lipinski definition) is 2. The average Bonchev–Trinajstić information content (AvgIpc) is 2.35. The lowest BCUT2D eigenvalue weighted by molar-refractivity contribution is 0.0616. The highest BCUT2D eigenvalue weighted by atomic mass is 35.5. The molecule has 1 aromatic carbocycles. The monoisotopic (exact) mass is 270 g/mol. The summed E-state index contributed by atoms with van der Waals surface area (Å²) in [5.74, 6) is -0.765. The van der Waals surface area contributed by atoms with Crippen LogP contribution in [0.25, 0.3) is 0 Å². The number of nitrogens with one attached hydrogen (secondary N) is 1. The zero-order chi connectivity index (χ0) is 13.3. The van der Waals surface area contributed by atoms with Crippen LogP contribution in [0, 0.1) is 5.82 Å². The van der Waals surface area contributed by atoms with E-state index in [1.165, 1.54) is 12.1 Å². The lowest BCUT2D eigenvalue weighted by Gasteiger charge is -2.37. The molecule has 0 radical (unpaired) electrons. The number of hydrogen-bond donors (Lipinski definition) is 1. The number of amides is 1. The summed E-state index contributed by atoms with van der Waals surface area (Å²) in [5.41, 5.74) is 0.234. The number of piperazine rings is 1. The van der Waals surface area contributed by atoms with Crippen LogP contribution in [0.2, 0.25) is 5.02 Å². The second kappa shape index (κ2) is 5.24. The zero-order valence-corrected chi connectivity index (χ0v) is 11.2. The smallest absolute Gasteiger partial charge is 0.255 e. The second-order valence-electron chi connectivity index (χ2n) is 4.72. The molecule has 98 valence electrons. The predicted molar refractivity (Wildman–Crippen MR) is 69.4 cm³/mol. The van der Waals surface area contributed by atoms with Gasteiger partial charge in [0, 0.05) is 25.2 Å². The van der Waals surface area contributed by atoms with Crippen LogP contribution in [0.3, 0.4) is 0 Å². The summed E-state index contributed by atoms with van der Waals surface area (Å²) in [6.45, 7) is 5.32. The van der Waals surface area contributed by atoms with Crippen molar-refractivity contribution in [2.24, 2.45) is 0 Å². The largest absolute Gasteiger partial charge is 0.333 e. The molecule has 0 spiro atoms. The Bertz CT molecular complexity index is 466. The summed E-state index contributed by atoms with van der Waals surface area (Å²) in [7, 11) is 0. The van der Waals surface area contributed by atoms with Gasteiger partial charge in [-0.15, -0.1) is 0 Å². The van der Waals surface area contributed by atoms with Gasteiger partial charge in [0.05, 0.1) is 10.6 Å². The number of carbonyl (C=O) groups excluding carboxylic acids is 1. The maximum absolute atomic E-state index is 13.4. The summed E-state index contributed by atoms with van der Waals surface area (Å²) in [6.07, 6.45) is 0. The molecule has 5 heteroatoms. The van der Waals surface area contributed by atoms with E-state index in [9.17, 15) is 9.18 Å². The third kappa shape index (κ3) is 2.49. The summed E-state index contributed by atoms with van der Waals surface area (Å²) in [6, 6.07) is 4.63. The summed E-state index contributed by atoms with van der Waals surface area (Å²) < 4.78 is 13.4. The van der Waals surface area contributed by atoms with E-state index < -0.39 is 5.82 Å². The minimum atomic E-state index is -0.557. The van der Waals surface area contributed by atoms with Gasteiger partial charge in [-0.2, -0.15) is 0 Å². The Balaban J connectivity index is 2.27. The molecule has 1 N–H and O–H groups in total. The van der Waals surface area contributed by atoms with Gasteiger partial charge in [-0.1, -0.05) is 17.7 Å². The van der Waals surface area contributed by atoms with Gasteiger partial charge in [-0.3, -0.25) is 4.79 Å². The molecule has 2 atom stereocenters. The van der Waals surface area contributed by atoms with Crippen molar-refractivity contribution in [3.63, 3.8) is 0 Å². The first-order chi connectivity index (χ1) is 8.50. The predicted octanol–water partition coefficient (Wildman–Crippen LogP) is 2.30. The number of halogens is 2. The highest BCUT2D eigenvalue weighted by Crippen LogP contribution is 2.22. The summed E-state index contributed by atoms with van der Waals surface area (Å²) in [4.78, 5) is 14.1. The quantitative estimate of drug-likeness (QED) is 0.849. The van der Waals surface area contributed by atoms with Gasteiger partial charge >= 0.3 is 0 Å². The van der Waals surface area contributed by atoms with Crippen molar-refractivity contribution in [2.45, 2.75) is 25.9 Å². The fourth-order valence-electron chi connectivity index (χ4n) is 2.13. The lowest BCUT2D eigenvalue weighted by Crippen LogP contribution is -2.56.